The fourth-order valence-electron chi connectivity index (χ4n) is 3.95. The number of hydrogen-bond donors (Lipinski definition) is 1. The van der Waals surface area contributed by atoms with Gasteiger partial charge in [0.25, 0.3) is 11.8 Å². The lowest BCUT2D eigenvalue weighted by molar-refractivity contribution is -0.149. The Morgan fingerprint density at radius 2 is 1.71 bits per heavy atom. The van der Waals surface area contributed by atoms with Crippen LogP contribution in [0.15, 0.2) is 41.3 Å². The lowest BCUT2D eigenvalue weighted by Crippen LogP contribution is -2.48. The van der Waals surface area contributed by atoms with Crippen molar-refractivity contribution in [3.63, 3.8) is 0 Å². The average Bonchev–Trinajstić information content (AvgIpc) is 3.24. The number of hydrazine groups is 1. The largest absolute Gasteiger partial charge is 0.272 e. The molecular formula is C18H18N2O3S. The summed E-state index contributed by atoms with van der Waals surface area (Å²) in [7, 11) is 0. The number of thioether (sulfide) groups is 1. The van der Waals surface area contributed by atoms with Gasteiger partial charge < -0.3 is 0 Å². The molecule has 3 aliphatic rings. The van der Waals surface area contributed by atoms with Gasteiger partial charge in [-0.1, -0.05) is 29.8 Å². The molecule has 5 nitrogen and oxygen atoms in total. The van der Waals surface area contributed by atoms with Gasteiger partial charge in [-0.2, -0.15) is 5.01 Å². The summed E-state index contributed by atoms with van der Waals surface area (Å²) in [4.78, 5) is 38.1. The number of rotatable bonds is 4. The van der Waals surface area contributed by atoms with Crippen molar-refractivity contribution in [3.05, 3.63) is 42.0 Å². The van der Waals surface area contributed by atoms with Gasteiger partial charge in [-0.25, -0.2) is 0 Å². The number of nitrogens with zero attached hydrogens (tertiary/aromatic N) is 1. The van der Waals surface area contributed by atoms with E-state index in [0.717, 1.165) is 21.9 Å². The first-order valence-corrected chi connectivity index (χ1v) is 9.08. The third-order valence-electron chi connectivity index (χ3n) is 5.10. The van der Waals surface area contributed by atoms with Crippen LogP contribution in [0.3, 0.4) is 0 Å². The lowest BCUT2D eigenvalue weighted by atomic mass is 9.85. The summed E-state index contributed by atoms with van der Waals surface area (Å²) in [6.45, 7) is 2.00. The van der Waals surface area contributed by atoms with E-state index in [1.54, 1.807) is 0 Å². The van der Waals surface area contributed by atoms with E-state index in [1.807, 2.05) is 43.3 Å². The van der Waals surface area contributed by atoms with E-state index in [9.17, 15) is 14.4 Å². The molecule has 1 aromatic carbocycles. The van der Waals surface area contributed by atoms with Gasteiger partial charge in [0, 0.05) is 4.90 Å². The van der Waals surface area contributed by atoms with Crippen molar-refractivity contribution < 1.29 is 14.4 Å². The van der Waals surface area contributed by atoms with E-state index in [2.05, 4.69) is 5.43 Å². The third kappa shape index (κ3) is 2.45. The smallest absolute Gasteiger partial charge is 0.252 e. The third-order valence-corrected chi connectivity index (χ3v) is 6.11. The van der Waals surface area contributed by atoms with Crippen molar-refractivity contribution in [2.24, 2.45) is 23.7 Å². The molecule has 124 valence electrons. The van der Waals surface area contributed by atoms with Gasteiger partial charge in [0.2, 0.25) is 5.91 Å². The molecule has 0 radical (unpaired) electrons. The van der Waals surface area contributed by atoms with Crippen molar-refractivity contribution in [2.45, 2.75) is 18.2 Å². The number of carbonyl (C=O) groups is 3. The number of allylic oxidation sites excluding steroid dienone is 2. The first kappa shape index (κ1) is 15.4. The second-order valence-corrected chi connectivity index (χ2v) is 7.70. The topological polar surface area (TPSA) is 66.5 Å². The van der Waals surface area contributed by atoms with E-state index >= 15 is 0 Å². The number of carbonyl (C=O) groups excluding carboxylic acids is 3. The second-order valence-electron chi connectivity index (χ2n) is 6.65. The molecule has 1 saturated carbocycles. The highest BCUT2D eigenvalue weighted by atomic mass is 32.2. The Morgan fingerprint density at radius 3 is 2.29 bits per heavy atom. The number of amides is 3. The first-order chi connectivity index (χ1) is 11.5. The van der Waals surface area contributed by atoms with E-state index in [0.29, 0.717) is 0 Å². The monoisotopic (exact) mass is 342 g/mol. The van der Waals surface area contributed by atoms with Gasteiger partial charge in [-0.15, -0.1) is 11.8 Å². The summed E-state index contributed by atoms with van der Waals surface area (Å²) in [5.41, 5.74) is 3.66. The molecule has 2 bridgehead atoms. The molecule has 2 aliphatic carbocycles. The van der Waals surface area contributed by atoms with E-state index < -0.39 is 0 Å². The van der Waals surface area contributed by atoms with E-state index in [1.165, 1.54) is 11.8 Å². The number of nitrogens with one attached hydrogen (secondary N) is 1. The number of fused-ring (bicyclic) bond motifs is 5. The summed E-state index contributed by atoms with van der Waals surface area (Å²) in [5.74, 6) is -0.926. The van der Waals surface area contributed by atoms with Crippen molar-refractivity contribution in [3.8, 4) is 0 Å². The maximum Gasteiger partial charge on any atom is 0.252 e. The van der Waals surface area contributed by atoms with Crippen LogP contribution in [0.1, 0.15) is 12.0 Å². The van der Waals surface area contributed by atoms with Gasteiger partial charge in [-0.05, 0) is 37.3 Å². The molecule has 0 spiro atoms. The quantitative estimate of drug-likeness (QED) is 0.516. The van der Waals surface area contributed by atoms with Gasteiger partial charge in [0.05, 0.1) is 17.6 Å². The minimum Gasteiger partial charge on any atom is -0.272 e. The number of benzene rings is 1. The van der Waals surface area contributed by atoms with Crippen LogP contribution < -0.4 is 5.43 Å². The normalized spacial score (nSPS) is 30.1. The van der Waals surface area contributed by atoms with Crippen LogP contribution in [0, 0.1) is 30.6 Å². The average molecular weight is 342 g/mol. The van der Waals surface area contributed by atoms with Crippen LogP contribution in [0.5, 0.6) is 0 Å². The zero-order valence-electron chi connectivity index (χ0n) is 13.3. The summed E-state index contributed by atoms with van der Waals surface area (Å²) in [6, 6.07) is 7.87. The summed E-state index contributed by atoms with van der Waals surface area (Å²) in [6.07, 6.45) is 4.96. The van der Waals surface area contributed by atoms with E-state index in [-0.39, 0.29) is 47.1 Å². The van der Waals surface area contributed by atoms with Crippen LogP contribution in [0.4, 0.5) is 0 Å². The SMILES string of the molecule is Cc1ccc(SCC(=O)NN2C(=O)[C@@H]3[C@H](C2=O)[C@H]2C=C[C@H]3C2)cc1. The highest BCUT2D eigenvalue weighted by Gasteiger charge is 2.59. The Balaban J connectivity index is 1.37. The Bertz CT molecular complexity index is 713. The number of aryl methyl sites for hydroxylation is 1. The molecule has 4 rings (SSSR count). The van der Waals surface area contributed by atoms with Crippen molar-refractivity contribution in [1.82, 2.24) is 10.4 Å². The van der Waals surface area contributed by atoms with Gasteiger partial charge in [-0.3, -0.25) is 19.8 Å². The summed E-state index contributed by atoms with van der Waals surface area (Å²) in [5, 5.41) is 0.958. The van der Waals surface area contributed by atoms with Crippen molar-refractivity contribution in [2.75, 3.05) is 5.75 Å². The Hall–Kier alpha value is -2.08. The molecular weight excluding hydrogens is 324 g/mol. The van der Waals surface area contributed by atoms with E-state index in [4.69, 9.17) is 0 Å². The minimum atomic E-state index is -0.331. The zero-order valence-corrected chi connectivity index (χ0v) is 14.1. The molecule has 3 amide bonds. The molecule has 0 unspecified atom stereocenters. The summed E-state index contributed by atoms with van der Waals surface area (Å²) < 4.78 is 0. The minimum absolute atomic E-state index is 0.153. The van der Waals surface area contributed by atoms with Crippen LogP contribution >= 0.6 is 11.8 Å². The molecule has 1 heterocycles. The highest BCUT2D eigenvalue weighted by Crippen LogP contribution is 2.52. The molecule has 1 N–H and O–H groups in total. The molecule has 0 aromatic heterocycles. The van der Waals surface area contributed by atoms with Crippen LogP contribution in [-0.2, 0) is 14.4 Å². The Morgan fingerprint density at radius 1 is 1.12 bits per heavy atom. The standard InChI is InChI=1S/C18H18N2O3S/c1-10-2-6-13(7-3-10)24-9-14(21)19-20-17(22)15-11-4-5-12(8-11)16(15)18(20)23/h2-7,11-12,15-16H,8-9H2,1H3,(H,19,21)/t11-,12-,15-,16+/m0/s1. The summed E-state index contributed by atoms with van der Waals surface area (Å²) >= 11 is 1.38. The van der Waals surface area contributed by atoms with Gasteiger partial charge in [0.1, 0.15) is 0 Å². The molecule has 24 heavy (non-hydrogen) atoms. The molecule has 2 fully saturated rings. The highest BCUT2D eigenvalue weighted by molar-refractivity contribution is 8.00. The molecule has 1 saturated heterocycles. The van der Waals surface area contributed by atoms with Crippen molar-refractivity contribution in [1.29, 1.82) is 0 Å². The van der Waals surface area contributed by atoms with Crippen LogP contribution in [-0.4, -0.2) is 28.5 Å². The molecule has 1 aliphatic heterocycles. The van der Waals surface area contributed by atoms with Gasteiger partial charge >= 0.3 is 0 Å². The lowest BCUT2D eigenvalue weighted by Gasteiger charge is -2.17. The fraction of sp³-hybridized carbons (Fsp3) is 0.389. The zero-order chi connectivity index (χ0) is 16.8. The predicted octanol–water partition coefficient (Wildman–Crippen LogP) is 1.93. The second kappa shape index (κ2) is 5.77. The first-order valence-electron chi connectivity index (χ1n) is 8.09. The maximum absolute atomic E-state index is 12.5. The predicted molar refractivity (Wildman–Crippen MR) is 89.6 cm³/mol. The maximum atomic E-state index is 12.5. The Kier molecular flexibility index (Phi) is 3.72. The van der Waals surface area contributed by atoms with Crippen LogP contribution in [0.2, 0.25) is 0 Å². The Labute approximate surface area is 144 Å². The van der Waals surface area contributed by atoms with Gasteiger partial charge in [0.15, 0.2) is 0 Å². The molecule has 1 aromatic rings. The fourth-order valence-corrected chi connectivity index (χ4v) is 4.64. The molecule has 6 heteroatoms. The van der Waals surface area contributed by atoms with Crippen LogP contribution in [0.25, 0.3) is 0 Å². The molecule has 4 atom stereocenters. The number of imide groups is 1. The number of hydrogen-bond acceptors (Lipinski definition) is 4. The van der Waals surface area contributed by atoms with Crippen molar-refractivity contribution >= 4 is 29.5 Å².